The van der Waals surface area contributed by atoms with Crippen LogP contribution >= 0.6 is 11.6 Å². The molecule has 0 atom stereocenters. The first-order valence-corrected chi connectivity index (χ1v) is 7.34. The minimum atomic E-state index is 0.727. The van der Waals surface area contributed by atoms with E-state index in [1.54, 1.807) is 7.11 Å². The molecular weight excluding hydrogens is 296 g/mol. The van der Waals surface area contributed by atoms with Crippen LogP contribution in [0.2, 0.25) is 5.02 Å². The number of imidazole rings is 1. The van der Waals surface area contributed by atoms with Crippen molar-refractivity contribution < 1.29 is 4.74 Å². The fourth-order valence-electron chi connectivity index (χ4n) is 2.64. The Balaban J connectivity index is 1.93. The summed E-state index contributed by atoms with van der Waals surface area (Å²) in [5, 5.41) is 1.84. The topological polar surface area (TPSA) is 26.5 Å². The van der Waals surface area contributed by atoms with Gasteiger partial charge in [-0.25, -0.2) is 4.98 Å². The number of rotatable bonds is 2. The molecule has 0 spiro atoms. The van der Waals surface area contributed by atoms with Gasteiger partial charge in [0.1, 0.15) is 11.4 Å². The number of ether oxygens (including phenoxy) is 1. The molecule has 4 aromatic rings. The van der Waals surface area contributed by atoms with Crippen molar-refractivity contribution in [3.63, 3.8) is 0 Å². The van der Waals surface area contributed by atoms with E-state index in [2.05, 4.69) is 16.5 Å². The maximum atomic E-state index is 5.95. The summed E-state index contributed by atoms with van der Waals surface area (Å²) in [7, 11) is 1.68. The molecule has 0 radical (unpaired) electrons. The van der Waals surface area contributed by atoms with Gasteiger partial charge in [-0.2, -0.15) is 0 Å². The van der Waals surface area contributed by atoms with E-state index in [1.165, 1.54) is 0 Å². The van der Waals surface area contributed by atoms with E-state index in [0.717, 1.165) is 38.6 Å². The SMILES string of the molecule is COc1ccc2c(ccc3nc(-c4ccc(Cl)cc4)cn32)c1. The number of methoxy groups -OCH3 is 1. The lowest BCUT2D eigenvalue weighted by Crippen LogP contribution is -1.88. The van der Waals surface area contributed by atoms with Gasteiger partial charge in [0.2, 0.25) is 0 Å². The molecule has 0 saturated heterocycles. The largest absolute Gasteiger partial charge is 0.497 e. The summed E-state index contributed by atoms with van der Waals surface area (Å²) >= 11 is 5.95. The molecule has 0 unspecified atom stereocenters. The maximum absolute atomic E-state index is 5.95. The van der Waals surface area contributed by atoms with Gasteiger partial charge in [-0.15, -0.1) is 0 Å². The Morgan fingerprint density at radius 3 is 2.59 bits per heavy atom. The zero-order valence-corrected chi connectivity index (χ0v) is 12.7. The molecule has 0 aliphatic rings. The number of fused-ring (bicyclic) bond motifs is 3. The van der Waals surface area contributed by atoms with Crippen LogP contribution in [0.5, 0.6) is 5.75 Å². The van der Waals surface area contributed by atoms with Crippen molar-refractivity contribution in [1.82, 2.24) is 9.38 Å². The van der Waals surface area contributed by atoms with Gasteiger partial charge in [0, 0.05) is 22.2 Å². The molecule has 0 bridgehead atoms. The van der Waals surface area contributed by atoms with Crippen LogP contribution in [-0.4, -0.2) is 16.5 Å². The summed E-state index contributed by atoms with van der Waals surface area (Å²) in [5.74, 6) is 0.852. The molecule has 0 N–H and O–H groups in total. The average molecular weight is 309 g/mol. The van der Waals surface area contributed by atoms with Crippen LogP contribution in [0.15, 0.2) is 60.8 Å². The third-order valence-electron chi connectivity index (χ3n) is 3.78. The lowest BCUT2D eigenvalue weighted by molar-refractivity contribution is 0.415. The van der Waals surface area contributed by atoms with E-state index in [1.807, 2.05) is 48.7 Å². The number of aromatic nitrogens is 2. The van der Waals surface area contributed by atoms with Crippen LogP contribution in [0.4, 0.5) is 0 Å². The van der Waals surface area contributed by atoms with Gasteiger partial charge < -0.3 is 4.74 Å². The Morgan fingerprint density at radius 2 is 1.82 bits per heavy atom. The molecule has 2 aromatic heterocycles. The number of pyridine rings is 1. The Kier molecular flexibility index (Phi) is 3.01. The third-order valence-corrected chi connectivity index (χ3v) is 4.03. The lowest BCUT2D eigenvalue weighted by Gasteiger charge is -2.04. The van der Waals surface area contributed by atoms with Gasteiger partial charge in [0.25, 0.3) is 0 Å². The van der Waals surface area contributed by atoms with Crippen LogP contribution in [0.1, 0.15) is 0 Å². The van der Waals surface area contributed by atoms with Crippen molar-refractivity contribution in [2.75, 3.05) is 7.11 Å². The van der Waals surface area contributed by atoms with Gasteiger partial charge in [-0.05, 0) is 42.5 Å². The summed E-state index contributed by atoms with van der Waals surface area (Å²) in [5.41, 5.74) is 4.00. The molecule has 0 saturated carbocycles. The van der Waals surface area contributed by atoms with E-state index in [0.29, 0.717) is 0 Å². The highest BCUT2D eigenvalue weighted by molar-refractivity contribution is 6.30. The molecule has 0 aliphatic heterocycles. The molecular formula is C18H13ClN2O. The molecule has 3 nitrogen and oxygen atoms in total. The Morgan fingerprint density at radius 1 is 1.00 bits per heavy atom. The second kappa shape index (κ2) is 5.04. The first kappa shape index (κ1) is 13.2. The average Bonchev–Trinajstić information content (AvgIpc) is 2.99. The molecule has 2 heterocycles. The molecule has 108 valence electrons. The third kappa shape index (κ3) is 2.11. The first-order valence-electron chi connectivity index (χ1n) is 6.96. The lowest BCUT2D eigenvalue weighted by atomic mass is 10.2. The first-order chi connectivity index (χ1) is 10.7. The van der Waals surface area contributed by atoms with Gasteiger partial charge in [-0.1, -0.05) is 23.7 Å². The van der Waals surface area contributed by atoms with Crippen molar-refractivity contribution in [1.29, 1.82) is 0 Å². The van der Waals surface area contributed by atoms with Crippen molar-refractivity contribution in [3.8, 4) is 17.0 Å². The summed E-state index contributed by atoms with van der Waals surface area (Å²) in [4.78, 5) is 4.69. The van der Waals surface area contributed by atoms with Gasteiger partial charge in [0.05, 0.1) is 18.3 Å². The highest BCUT2D eigenvalue weighted by Crippen LogP contribution is 2.26. The number of halogens is 1. The van der Waals surface area contributed by atoms with E-state index in [9.17, 15) is 0 Å². The Hall–Kier alpha value is -2.52. The standard InChI is InChI=1S/C18H13ClN2O/c1-22-15-7-8-17-13(10-15)4-9-18-20-16(11-21(17)18)12-2-5-14(19)6-3-12/h2-11H,1H3. The summed E-state index contributed by atoms with van der Waals surface area (Å²) in [6.07, 6.45) is 2.05. The van der Waals surface area contributed by atoms with Crippen LogP contribution in [0, 0.1) is 0 Å². The fraction of sp³-hybridized carbons (Fsp3) is 0.0556. The number of hydrogen-bond acceptors (Lipinski definition) is 2. The molecule has 4 heteroatoms. The normalized spacial score (nSPS) is 11.2. The maximum Gasteiger partial charge on any atom is 0.137 e. The summed E-state index contributed by atoms with van der Waals surface area (Å²) in [6, 6.07) is 17.8. The smallest absolute Gasteiger partial charge is 0.137 e. The van der Waals surface area contributed by atoms with Gasteiger partial charge in [0.15, 0.2) is 0 Å². The quantitative estimate of drug-likeness (QED) is 0.531. The summed E-state index contributed by atoms with van der Waals surface area (Å²) < 4.78 is 7.38. The molecule has 0 aliphatic carbocycles. The monoisotopic (exact) mass is 308 g/mol. The zero-order chi connectivity index (χ0) is 15.1. The molecule has 0 amide bonds. The van der Waals surface area contributed by atoms with E-state index in [4.69, 9.17) is 21.3 Å². The second-order valence-corrected chi connectivity index (χ2v) is 5.56. The predicted octanol–water partition coefficient (Wildman–Crippen LogP) is 4.82. The zero-order valence-electron chi connectivity index (χ0n) is 12.0. The van der Waals surface area contributed by atoms with Crippen molar-refractivity contribution in [2.24, 2.45) is 0 Å². The van der Waals surface area contributed by atoms with Crippen molar-refractivity contribution in [2.45, 2.75) is 0 Å². The Labute approximate surface area is 132 Å². The molecule has 0 fully saturated rings. The van der Waals surface area contributed by atoms with E-state index < -0.39 is 0 Å². The van der Waals surface area contributed by atoms with Gasteiger partial charge >= 0.3 is 0 Å². The minimum Gasteiger partial charge on any atom is -0.497 e. The van der Waals surface area contributed by atoms with Crippen LogP contribution in [0.3, 0.4) is 0 Å². The van der Waals surface area contributed by atoms with E-state index >= 15 is 0 Å². The number of nitrogens with zero attached hydrogens (tertiary/aromatic N) is 2. The predicted molar refractivity (Wildman–Crippen MR) is 89.7 cm³/mol. The summed E-state index contributed by atoms with van der Waals surface area (Å²) in [6.45, 7) is 0. The molecule has 4 rings (SSSR count). The number of benzene rings is 2. The van der Waals surface area contributed by atoms with Crippen molar-refractivity contribution in [3.05, 3.63) is 65.8 Å². The number of hydrogen-bond donors (Lipinski definition) is 0. The molecule has 22 heavy (non-hydrogen) atoms. The van der Waals surface area contributed by atoms with Gasteiger partial charge in [-0.3, -0.25) is 4.40 Å². The highest BCUT2D eigenvalue weighted by Gasteiger charge is 2.07. The molecule has 2 aromatic carbocycles. The second-order valence-electron chi connectivity index (χ2n) is 5.12. The highest BCUT2D eigenvalue weighted by atomic mass is 35.5. The van der Waals surface area contributed by atoms with Crippen LogP contribution < -0.4 is 4.74 Å². The Bertz CT molecular complexity index is 974. The van der Waals surface area contributed by atoms with E-state index in [-0.39, 0.29) is 0 Å². The fourth-order valence-corrected chi connectivity index (χ4v) is 2.77. The van der Waals surface area contributed by atoms with Crippen molar-refractivity contribution >= 4 is 28.2 Å². The van der Waals surface area contributed by atoms with Crippen LogP contribution in [0.25, 0.3) is 27.8 Å². The van der Waals surface area contributed by atoms with Crippen LogP contribution in [-0.2, 0) is 0 Å². The minimum absolute atomic E-state index is 0.727.